The number of aliphatic hydroxyl groups is 1. The van der Waals surface area contributed by atoms with Gasteiger partial charge in [0.05, 0.1) is 17.4 Å². The molecule has 1 atom stereocenters. The fourth-order valence-electron chi connectivity index (χ4n) is 3.69. The van der Waals surface area contributed by atoms with Crippen LogP contribution in [0.25, 0.3) is 0 Å². The number of carbonyl (C=O) groups excluding carboxylic acids is 1. The van der Waals surface area contributed by atoms with Crippen LogP contribution in [-0.4, -0.2) is 60.5 Å². The summed E-state index contributed by atoms with van der Waals surface area (Å²) in [4.78, 5) is 24.2. The standard InChI is InChI=1S/C23H25N5O4S/c29-21(18-4-2-1-3-5-18)16-23(30)28-14-12-27(13-15-28)19-6-8-20(9-7-19)33(31,32)26-22-10-11-24-17-25-22/h1-11,17,21,29H,12-16H2,(H,24,25,26)/t21-/m0/s1. The van der Waals surface area contributed by atoms with Gasteiger partial charge in [0.25, 0.3) is 10.0 Å². The van der Waals surface area contributed by atoms with Gasteiger partial charge in [-0.15, -0.1) is 0 Å². The average molecular weight is 468 g/mol. The predicted octanol–water partition coefficient (Wildman–Crippen LogP) is 2.05. The van der Waals surface area contributed by atoms with E-state index in [1.54, 1.807) is 29.2 Å². The molecule has 172 valence electrons. The van der Waals surface area contributed by atoms with Crippen LogP contribution in [0.4, 0.5) is 11.5 Å². The number of piperazine rings is 1. The number of rotatable bonds is 7. The summed E-state index contributed by atoms with van der Waals surface area (Å²) in [5.41, 5.74) is 1.61. The van der Waals surface area contributed by atoms with E-state index in [2.05, 4.69) is 19.6 Å². The Hall–Kier alpha value is -3.50. The van der Waals surface area contributed by atoms with Crippen molar-refractivity contribution in [2.45, 2.75) is 17.4 Å². The minimum Gasteiger partial charge on any atom is -0.388 e. The zero-order valence-electron chi connectivity index (χ0n) is 17.9. The number of nitrogens with zero attached hydrogens (tertiary/aromatic N) is 4. The summed E-state index contributed by atoms with van der Waals surface area (Å²) in [6.45, 7) is 2.32. The Morgan fingerprint density at radius 3 is 2.33 bits per heavy atom. The second kappa shape index (κ2) is 9.97. The molecule has 0 bridgehead atoms. The molecule has 1 fully saturated rings. The molecular formula is C23H25N5O4S. The molecule has 0 radical (unpaired) electrons. The second-order valence-electron chi connectivity index (χ2n) is 7.69. The SMILES string of the molecule is O=C(C[C@H](O)c1ccccc1)N1CCN(c2ccc(S(=O)(=O)Nc3ccncn3)cc2)CC1. The van der Waals surface area contributed by atoms with Crippen LogP contribution in [0.1, 0.15) is 18.1 Å². The number of hydrogen-bond acceptors (Lipinski definition) is 7. The van der Waals surface area contributed by atoms with Crippen molar-refractivity contribution in [3.63, 3.8) is 0 Å². The molecule has 2 N–H and O–H groups in total. The predicted molar refractivity (Wildman–Crippen MR) is 124 cm³/mol. The van der Waals surface area contributed by atoms with Gasteiger partial charge < -0.3 is 14.9 Å². The van der Waals surface area contributed by atoms with Gasteiger partial charge in [0, 0.05) is 38.1 Å². The van der Waals surface area contributed by atoms with Gasteiger partial charge in [-0.1, -0.05) is 30.3 Å². The van der Waals surface area contributed by atoms with Crippen molar-refractivity contribution in [1.82, 2.24) is 14.9 Å². The van der Waals surface area contributed by atoms with E-state index in [-0.39, 0.29) is 23.0 Å². The molecular weight excluding hydrogens is 442 g/mol. The minimum atomic E-state index is -3.75. The molecule has 33 heavy (non-hydrogen) atoms. The summed E-state index contributed by atoms with van der Waals surface area (Å²) in [6, 6.07) is 17.2. The molecule has 0 unspecified atom stereocenters. The highest BCUT2D eigenvalue weighted by molar-refractivity contribution is 7.92. The number of aliphatic hydroxyl groups excluding tert-OH is 1. The summed E-state index contributed by atoms with van der Waals surface area (Å²) in [5.74, 6) is 0.121. The van der Waals surface area contributed by atoms with Crippen molar-refractivity contribution in [1.29, 1.82) is 0 Å². The third-order valence-corrected chi connectivity index (χ3v) is 6.89. The highest BCUT2D eigenvalue weighted by atomic mass is 32.2. The van der Waals surface area contributed by atoms with Gasteiger partial charge in [-0.3, -0.25) is 9.52 Å². The number of sulfonamides is 1. The van der Waals surface area contributed by atoms with Crippen molar-refractivity contribution >= 4 is 27.4 Å². The van der Waals surface area contributed by atoms with Crippen molar-refractivity contribution in [3.8, 4) is 0 Å². The van der Waals surface area contributed by atoms with Gasteiger partial charge in [0.2, 0.25) is 5.91 Å². The second-order valence-corrected chi connectivity index (χ2v) is 9.37. The molecule has 10 heteroatoms. The number of benzene rings is 2. The summed E-state index contributed by atoms with van der Waals surface area (Å²) in [7, 11) is -3.75. The van der Waals surface area contributed by atoms with Gasteiger partial charge >= 0.3 is 0 Å². The van der Waals surface area contributed by atoms with Crippen LogP contribution in [0.15, 0.2) is 78.1 Å². The van der Waals surface area contributed by atoms with E-state index in [9.17, 15) is 18.3 Å². The highest BCUT2D eigenvalue weighted by Gasteiger charge is 2.24. The lowest BCUT2D eigenvalue weighted by Gasteiger charge is -2.36. The Morgan fingerprint density at radius 2 is 1.70 bits per heavy atom. The van der Waals surface area contributed by atoms with Gasteiger partial charge in [0.15, 0.2) is 0 Å². The summed E-state index contributed by atoms with van der Waals surface area (Å²) >= 11 is 0. The fraction of sp³-hybridized carbons (Fsp3) is 0.261. The largest absolute Gasteiger partial charge is 0.388 e. The molecule has 1 aromatic heterocycles. The third kappa shape index (κ3) is 5.65. The molecule has 0 spiro atoms. The monoisotopic (exact) mass is 467 g/mol. The van der Waals surface area contributed by atoms with Crippen LogP contribution in [0, 0.1) is 0 Å². The van der Waals surface area contributed by atoms with Crippen LogP contribution in [0.5, 0.6) is 0 Å². The molecule has 2 heterocycles. The quantitative estimate of drug-likeness (QED) is 0.546. The average Bonchev–Trinajstić information content (AvgIpc) is 2.85. The number of anilines is 2. The molecule has 4 rings (SSSR count). The lowest BCUT2D eigenvalue weighted by molar-refractivity contribution is -0.133. The Kier molecular flexibility index (Phi) is 6.85. The fourth-order valence-corrected chi connectivity index (χ4v) is 4.69. The van der Waals surface area contributed by atoms with E-state index < -0.39 is 16.1 Å². The van der Waals surface area contributed by atoms with Gasteiger partial charge in [-0.25, -0.2) is 18.4 Å². The molecule has 1 aliphatic rings. The lowest BCUT2D eigenvalue weighted by atomic mass is 10.1. The first-order valence-electron chi connectivity index (χ1n) is 10.6. The van der Waals surface area contributed by atoms with Crippen LogP contribution >= 0.6 is 0 Å². The van der Waals surface area contributed by atoms with Crippen molar-refractivity contribution in [3.05, 3.63) is 78.8 Å². The van der Waals surface area contributed by atoms with Crippen LogP contribution in [-0.2, 0) is 14.8 Å². The number of aromatic nitrogens is 2. The number of hydrogen-bond donors (Lipinski definition) is 2. The smallest absolute Gasteiger partial charge is 0.263 e. The molecule has 1 aliphatic heterocycles. The summed E-state index contributed by atoms with van der Waals surface area (Å²) < 4.78 is 27.5. The van der Waals surface area contributed by atoms with Crippen molar-refractivity contribution in [2.24, 2.45) is 0 Å². The molecule has 0 saturated carbocycles. The first kappa shape index (κ1) is 22.7. The van der Waals surface area contributed by atoms with Crippen molar-refractivity contribution in [2.75, 3.05) is 35.8 Å². The highest BCUT2D eigenvalue weighted by Crippen LogP contribution is 2.22. The number of amides is 1. The van der Waals surface area contributed by atoms with Gasteiger partial charge in [-0.05, 0) is 35.9 Å². The summed E-state index contributed by atoms with van der Waals surface area (Å²) in [5, 5.41) is 10.3. The Morgan fingerprint density at radius 1 is 1.00 bits per heavy atom. The maximum atomic E-state index is 12.6. The lowest BCUT2D eigenvalue weighted by Crippen LogP contribution is -2.49. The zero-order chi connectivity index (χ0) is 23.3. The van der Waals surface area contributed by atoms with E-state index in [0.29, 0.717) is 26.2 Å². The maximum absolute atomic E-state index is 12.6. The molecule has 0 aliphatic carbocycles. The maximum Gasteiger partial charge on any atom is 0.263 e. The first-order valence-corrected chi connectivity index (χ1v) is 12.1. The van der Waals surface area contributed by atoms with E-state index in [4.69, 9.17) is 0 Å². The Labute approximate surface area is 192 Å². The molecule has 3 aromatic rings. The van der Waals surface area contributed by atoms with E-state index in [1.165, 1.54) is 18.6 Å². The van der Waals surface area contributed by atoms with Gasteiger partial charge in [-0.2, -0.15) is 0 Å². The Balaban J connectivity index is 1.32. The molecule has 1 amide bonds. The van der Waals surface area contributed by atoms with Crippen LogP contribution in [0.3, 0.4) is 0 Å². The normalized spacial score (nSPS) is 15.2. The summed E-state index contributed by atoms with van der Waals surface area (Å²) in [6.07, 6.45) is 1.96. The minimum absolute atomic E-state index is 0.0515. The first-order chi connectivity index (χ1) is 15.9. The topological polar surface area (TPSA) is 116 Å². The van der Waals surface area contributed by atoms with Crippen LogP contribution in [0.2, 0.25) is 0 Å². The third-order valence-electron chi connectivity index (χ3n) is 5.52. The zero-order valence-corrected chi connectivity index (χ0v) is 18.7. The van der Waals surface area contributed by atoms with Crippen molar-refractivity contribution < 1.29 is 18.3 Å². The number of carbonyl (C=O) groups is 1. The van der Waals surface area contributed by atoms with E-state index in [0.717, 1.165) is 11.3 Å². The molecule has 2 aromatic carbocycles. The van der Waals surface area contributed by atoms with E-state index in [1.807, 2.05) is 30.3 Å². The molecule has 1 saturated heterocycles. The van der Waals surface area contributed by atoms with Gasteiger partial charge in [0.1, 0.15) is 12.1 Å². The number of nitrogens with one attached hydrogen (secondary N) is 1. The van der Waals surface area contributed by atoms with Crippen LogP contribution < -0.4 is 9.62 Å². The molecule has 9 nitrogen and oxygen atoms in total. The Bertz CT molecular complexity index is 1170. The van der Waals surface area contributed by atoms with E-state index >= 15 is 0 Å².